The lowest BCUT2D eigenvalue weighted by Crippen LogP contribution is -2.31. The molecule has 2 aromatic carbocycles. The fourth-order valence-corrected chi connectivity index (χ4v) is 3.85. The summed E-state index contributed by atoms with van der Waals surface area (Å²) in [4.78, 5) is 14.3. The molecule has 0 spiro atoms. The molecule has 26 heavy (non-hydrogen) atoms. The Bertz CT molecular complexity index is 806. The van der Waals surface area contributed by atoms with Gasteiger partial charge in [-0.3, -0.25) is 9.69 Å². The van der Waals surface area contributed by atoms with Crippen molar-refractivity contribution in [1.82, 2.24) is 4.90 Å². The van der Waals surface area contributed by atoms with Gasteiger partial charge in [0.05, 0.1) is 18.0 Å². The third kappa shape index (κ3) is 4.58. The van der Waals surface area contributed by atoms with Crippen LogP contribution in [-0.2, 0) is 11.3 Å². The summed E-state index contributed by atoms with van der Waals surface area (Å²) >= 11 is 1.45. The van der Waals surface area contributed by atoms with Crippen LogP contribution in [0.2, 0.25) is 0 Å². The van der Waals surface area contributed by atoms with Crippen molar-refractivity contribution in [3.63, 3.8) is 0 Å². The van der Waals surface area contributed by atoms with Crippen LogP contribution in [0.5, 0.6) is 0 Å². The Hall–Kier alpha value is -2.47. The van der Waals surface area contributed by atoms with Crippen molar-refractivity contribution in [2.75, 3.05) is 0 Å². The number of rotatable bonds is 6. The highest BCUT2D eigenvalue weighted by atomic mass is 32.2. The summed E-state index contributed by atoms with van der Waals surface area (Å²) in [5, 5.41) is 8.88. The van der Waals surface area contributed by atoms with Gasteiger partial charge in [-0.15, -0.1) is 5.10 Å². The molecule has 134 valence electrons. The van der Waals surface area contributed by atoms with Crippen LogP contribution in [0.4, 0.5) is 4.39 Å². The summed E-state index contributed by atoms with van der Waals surface area (Å²) in [7, 11) is 0. The number of amides is 1. The standard InChI is InChI=1S/C20H20FN3OS/c1-2-6-18-19(25)24(14-16-9-11-17(21)12-10-16)20(26-18)23-22-13-15-7-4-3-5-8-15/h3-5,7-13,18H,2,6,14H2,1H3/b22-13-,23-20+/t18-/m0/s1. The SMILES string of the molecule is CCC[C@@H]1S/C(=N/N=C\c2ccccc2)N(Cc2ccc(F)cc2)C1=O. The fourth-order valence-electron chi connectivity index (χ4n) is 2.63. The molecule has 1 fully saturated rings. The molecule has 1 aliphatic rings. The Labute approximate surface area is 156 Å². The third-order valence-corrected chi connectivity index (χ3v) is 5.21. The molecule has 3 rings (SSSR count). The molecule has 1 amide bonds. The van der Waals surface area contributed by atoms with E-state index in [0.29, 0.717) is 11.7 Å². The number of carbonyl (C=O) groups is 1. The first-order chi connectivity index (χ1) is 12.7. The summed E-state index contributed by atoms with van der Waals surface area (Å²) in [6, 6.07) is 15.8. The highest BCUT2D eigenvalue weighted by Crippen LogP contribution is 2.31. The summed E-state index contributed by atoms with van der Waals surface area (Å²) in [5.74, 6) is -0.254. The van der Waals surface area contributed by atoms with Crippen LogP contribution in [0.3, 0.4) is 0 Å². The number of thioether (sulfide) groups is 1. The minimum Gasteiger partial charge on any atom is -0.284 e. The minimum atomic E-state index is -0.291. The van der Waals surface area contributed by atoms with E-state index in [1.807, 2.05) is 30.3 Å². The molecule has 0 aromatic heterocycles. The number of carbonyl (C=O) groups excluding carboxylic acids is 1. The Balaban J connectivity index is 1.79. The van der Waals surface area contributed by atoms with Gasteiger partial charge in [0.25, 0.3) is 0 Å². The maximum atomic E-state index is 13.1. The lowest BCUT2D eigenvalue weighted by Gasteiger charge is -2.15. The van der Waals surface area contributed by atoms with Gasteiger partial charge < -0.3 is 0 Å². The van der Waals surface area contributed by atoms with Crippen LogP contribution in [-0.4, -0.2) is 27.4 Å². The van der Waals surface area contributed by atoms with Gasteiger partial charge in [-0.1, -0.05) is 67.6 Å². The number of amidine groups is 1. The van der Waals surface area contributed by atoms with Crippen molar-refractivity contribution in [2.24, 2.45) is 10.2 Å². The minimum absolute atomic E-state index is 0.0369. The summed E-state index contributed by atoms with van der Waals surface area (Å²) in [6.45, 7) is 2.42. The highest BCUT2D eigenvalue weighted by molar-refractivity contribution is 8.15. The van der Waals surface area contributed by atoms with Crippen LogP contribution in [0.1, 0.15) is 30.9 Å². The first-order valence-corrected chi connectivity index (χ1v) is 9.44. The largest absolute Gasteiger partial charge is 0.284 e. The molecule has 1 atom stereocenters. The molecule has 2 aromatic rings. The van der Waals surface area contributed by atoms with Crippen molar-refractivity contribution in [1.29, 1.82) is 0 Å². The molecular weight excluding hydrogens is 349 g/mol. The van der Waals surface area contributed by atoms with E-state index in [-0.39, 0.29) is 17.0 Å². The molecule has 0 bridgehead atoms. The Morgan fingerprint density at radius 2 is 1.88 bits per heavy atom. The zero-order valence-electron chi connectivity index (χ0n) is 14.5. The van der Waals surface area contributed by atoms with Gasteiger partial charge in [0, 0.05) is 0 Å². The molecule has 0 unspecified atom stereocenters. The third-order valence-electron chi connectivity index (χ3n) is 3.97. The van der Waals surface area contributed by atoms with E-state index in [9.17, 15) is 9.18 Å². The van der Waals surface area contributed by atoms with Gasteiger partial charge in [-0.2, -0.15) is 5.10 Å². The van der Waals surface area contributed by atoms with Crippen molar-refractivity contribution in [3.8, 4) is 0 Å². The van der Waals surface area contributed by atoms with Gasteiger partial charge in [-0.05, 0) is 29.7 Å². The molecule has 0 radical (unpaired) electrons. The summed E-state index contributed by atoms with van der Waals surface area (Å²) in [5.41, 5.74) is 1.80. The smallest absolute Gasteiger partial charge is 0.242 e. The number of benzene rings is 2. The van der Waals surface area contributed by atoms with E-state index >= 15 is 0 Å². The quantitative estimate of drug-likeness (QED) is 0.557. The predicted molar refractivity (Wildman–Crippen MR) is 105 cm³/mol. The van der Waals surface area contributed by atoms with Crippen molar-refractivity contribution in [3.05, 3.63) is 71.5 Å². The van der Waals surface area contributed by atoms with E-state index in [1.165, 1.54) is 23.9 Å². The highest BCUT2D eigenvalue weighted by Gasteiger charge is 2.37. The Morgan fingerprint density at radius 3 is 2.58 bits per heavy atom. The fraction of sp³-hybridized carbons (Fsp3) is 0.250. The zero-order valence-corrected chi connectivity index (χ0v) is 15.3. The molecule has 1 saturated heterocycles. The second-order valence-corrected chi connectivity index (χ2v) is 7.15. The molecular formula is C20H20FN3OS. The lowest BCUT2D eigenvalue weighted by atomic mass is 10.2. The Kier molecular flexibility index (Phi) is 6.17. The molecule has 6 heteroatoms. The predicted octanol–water partition coefficient (Wildman–Crippen LogP) is 4.46. The summed E-state index contributed by atoms with van der Waals surface area (Å²) in [6.07, 6.45) is 3.39. The number of hydrogen-bond acceptors (Lipinski definition) is 4. The van der Waals surface area contributed by atoms with E-state index in [2.05, 4.69) is 17.1 Å². The lowest BCUT2D eigenvalue weighted by molar-refractivity contribution is -0.126. The van der Waals surface area contributed by atoms with Gasteiger partial charge in [0.15, 0.2) is 5.17 Å². The maximum Gasteiger partial charge on any atom is 0.242 e. The molecule has 0 saturated carbocycles. The average Bonchev–Trinajstić information content (AvgIpc) is 2.94. The topological polar surface area (TPSA) is 45.0 Å². The van der Waals surface area contributed by atoms with Crippen LogP contribution in [0, 0.1) is 5.82 Å². The summed E-state index contributed by atoms with van der Waals surface area (Å²) < 4.78 is 13.1. The van der Waals surface area contributed by atoms with Crippen LogP contribution in [0.25, 0.3) is 0 Å². The van der Waals surface area contributed by atoms with E-state index in [1.54, 1.807) is 23.2 Å². The van der Waals surface area contributed by atoms with E-state index in [0.717, 1.165) is 24.0 Å². The second kappa shape index (κ2) is 8.76. The van der Waals surface area contributed by atoms with Gasteiger partial charge in [0.2, 0.25) is 5.91 Å². The number of halogens is 1. The monoisotopic (exact) mass is 369 g/mol. The van der Waals surface area contributed by atoms with Crippen LogP contribution in [0.15, 0.2) is 64.8 Å². The molecule has 0 aliphatic carbocycles. The Morgan fingerprint density at radius 1 is 1.15 bits per heavy atom. The average molecular weight is 369 g/mol. The van der Waals surface area contributed by atoms with E-state index < -0.39 is 0 Å². The van der Waals surface area contributed by atoms with Gasteiger partial charge in [-0.25, -0.2) is 4.39 Å². The van der Waals surface area contributed by atoms with E-state index in [4.69, 9.17) is 0 Å². The zero-order chi connectivity index (χ0) is 18.4. The number of nitrogens with zero attached hydrogens (tertiary/aromatic N) is 3. The van der Waals surface area contributed by atoms with Crippen LogP contribution >= 0.6 is 11.8 Å². The van der Waals surface area contributed by atoms with Crippen molar-refractivity contribution < 1.29 is 9.18 Å². The van der Waals surface area contributed by atoms with Crippen molar-refractivity contribution in [2.45, 2.75) is 31.6 Å². The molecule has 0 N–H and O–H groups in total. The molecule has 1 aliphatic heterocycles. The first-order valence-electron chi connectivity index (χ1n) is 8.56. The number of hydrogen-bond donors (Lipinski definition) is 0. The maximum absolute atomic E-state index is 13.1. The van der Waals surface area contributed by atoms with Crippen LogP contribution < -0.4 is 0 Å². The molecule has 4 nitrogen and oxygen atoms in total. The normalized spacial score (nSPS) is 19.0. The first kappa shape index (κ1) is 18.3. The second-order valence-electron chi connectivity index (χ2n) is 5.98. The molecule has 1 heterocycles. The van der Waals surface area contributed by atoms with Crippen molar-refractivity contribution >= 4 is 29.1 Å². The van der Waals surface area contributed by atoms with Gasteiger partial charge >= 0.3 is 0 Å². The van der Waals surface area contributed by atoms with Gasteiger partial charge in [0.1, 0.15) is 5.82 Å².